The van der Waals surface area contributed by atoms with Gasteiger partial charge in [-0.15, -0.1) is 5.10 Å². The minimum atomic E-state index is -0.737. The van der Waals surface area contributed by atoms with Crippen molar-refractivity contribution in [3.63, 3.8) is 0 Å². The number of aromatic nitrogens is 3. The van der Waals surface area contributed by atoms with E-state index in [0.29, 0.717) is 5.82 Å². The molecule has 0 saturated carbocycles. The maximum absolute atomic E-state index is 12.0. The lowest BCUT2D eigenvalue weighted by Gasteiger charge is -2.04. The van der Waals surface area contributed by atoms with Gasteiger partial charge >= 0.3 is 6.01 Å². The van der Waals surface area contributed by atoms with E-state index in [-0.39, 0.29) is 17.5 Å². The molecule has 0 aliphatic rings. The molecule has 0 atom stereocenters. The number of aryl methyl sites for hydroxylation is 1. The van der Waals surface area contributed by atoms with Crippen molar-refractivity contribution in [2.75, 3.05) is 17.7 Å². The maximum Gasteiger partial charge on any atom is 0.322 e. The highest BCUT2D eigenvalue weighted by Crippen LogP contribution is 2.21. The van der Waals surface area contributed by atoms with Crippen LogP contribution in [-0.2, 0) is 0 Å². The molecule has 20 heavy (non-hydrogen) atoms. The van der Waals surface area contributed by atoms with Gasteiger partial charge in [0.15, 0.2) is 0 Å². The number of nitrogens with one attached hydrogen (secondary N) is 2. The Labute approximate surface area is 112 Å². The first-order chi connectivity index (χ1) is 9.51. The van der Waals surface area contributed by atoms with E-state index in [1.165, 1.54) is 6.07 Å². The second-order valence-electron chi connectivity index (χ2n) is 3.67. The summed E-state index contributed by atoms with van der Waals surface area (Å²) in [6.07, 6.45) is 1.000. The lowest BCUT2D eigenvalue weighted by atomic mass is 10.2. The Morgan fingerprint density at radius 3 is 2.75 bits per heavy atom. The van der Waals surface area contributed by atoms with Gasteiger partial charge in [0.2, 0.25) is 5.89 Å². The van der Waals surface area contributed by atoms with Crippen LogP contribution in [0.5, 0.6) is 0 Å². The van der Waals surface area contributed by atoms with E-state index in [0.717, 1.165) is 6.20 Å². The third-order valence-corrected chi connectivity index (χ3v) is 2.33. The van der Waals surface area contributed by atoms with Crippen LogP contribution < -0.4 is 10.6 Å². The summed E-state index contributed by atoms with van der Waals surface area (Å²) in [5.41, 5.74) is -0.581. The molecular formula is C10H10N6O4. The Kier molecular flexibility index (Phi) is 3.55. The number of hydrogen-bond acceptors (Lipinski definition) is 8. The summed E-state index contributed by atoms with van der Waals surface area (Å²) in [6.45, 7) is 1.55. The zero-order valence-corrected chi connectivity index (χ0v) is 10.6. The van der Waals surface area contributed by atoms with E-state index in [1.807, 2.05) is 0 Å². The molecule has 10 nitrogen and oxygen atoms in total. The van der Waals surface area contributed by atoms with E-state index in [1.54, 1.807) is 14.0 Å². The van der Waals surface area contributed by atoms with Crippen LogP contribution in [-0.4, -0.2) is 33.1 Å². The molecule has 0 unspecified atom stereocenters. The van der Waals surface area contributed by atoms with Gasteiger partial charge in [0.05, 0.1) is 4.92 Å². The van der Waals surface area contributed by atoms with Crippen molar-refractivity contribution in [3.8, 4) is 0 Å². The van der Waals surface area contributed by atoms with Crippen molar-refractivity contribution in [2.24, 2.45) is 0 Å². The van der Waals surface area contributed by atoms with E-state index >= 15 is 0 Å². The first-order valence-electron chi connectivity index (χ1n) is 5.45. The van der Waals surface area contributed by atoms with Crippen LogP contribution in [0.25, 0.3) is 0 Å². The van der Waals surface area contributed by atoms with Gasteiger partial charge in [-0.1, -0.05) is 5.10 Å². The highest BCUT2D eigenvalue weighted by Gasteiger charge is 2.22. The summed E-state index contributed by atoms with van der Waals surface area (Å²) in [5.74, 6) is -0.151. The van der Waals surface area contributed by atoms with Gasteiger partial charge in [-0.3, -0.25) is 20.2 Å². The van der Waals surface area contributed by atoms with E-state index in [9.17, 15) is 14.9 Å². The fourth-order valence-corrected chi connectivity index (χ4v) is 1.42. The zero-order valence-electron chi connectivity index (χ0n) is 10.6. The van der Waals surface area contributed by atoms with Crippen LogP contribution in [0.1, 0.15) is 16.2 Å². The molecule has 2 heterocycles. The van der Waals surface area contributed by atoms with E-state index in [2.05, 4.69) is 25.8 Å². The van der Waals surface area contributed by atoms with Crippen molar-refractivity contribution in [3.05, 3.63) is 33.8 Å². The van der Waals surface area contributed by atoms with Crippen molar-refractivity contribution in [1.29, 1.82) is 0 Å². The Balaban J connectivity index is 2.34. The summed E-state index contributed by atoms with van der Waals surface area (Å²) in [5, 5.41) is 23.0. The number of nitrogens with zero attached hydrogens (tertiary/aromatic N) is 4. The van der Waals surface area contributed by atoms with Gasteiger partial charge in [-0.05, 0) is 0 Å². The monoisotopic (exact) mass is 278 g/mol. The number of hydrogen-bond donors (Lipinski definition) is 2. The third kappa shape index (κ3) is 2.68. The normalized spacial score (nSPS) is 10.1. The fourth-order valence-electron chi connectivity index (χ4n) is 1.42. The molecule has 2 aromatic rings. The average molecular weight is 278 g/mol. The number of pyridine rings is 1. The second kappa shape index (κ2) is 5.30. The lowest BCUT2D eigenvalue weighted by molar-refractivity contribution is -0.385. The van der Waals surface area contributed by atoms with Crippen LogP contribution in [0.2, 0.25) is 0 Å². The molecule has 0 bridgehead atoms. The molecule has 0 fully saturated rings. The van der Waals surface area contributed by atoms with Crippen LogP contribution in [0.3, 0.4) is 0 Å². The number of amides is 1. The smallest absolute Gasteiger partial charge is 0.322 e. The maximum atomic E-state index is 12.0. The lowest BCUT2D eigenvalue weighted by Crippen LogP contribution is -2.15. The Morgan fingerprint density at radius 1 is 1.45 bits per heavy atom. The number of carbonyl (C=O) groups is 1. The largest absolute Gasteiger partial charge is 0.408 e. The number of rotatable bonds is 4. The second-order valence-corrected chi connectivity index (χ2v) is 3.67. The summed E-state index contributed by atoms with van der Waals surface area (Å²) >= 11 is 0. The van der Waals surface area contributed by atoms with Crippen LogP contribution in [0.4, 0.5) is 17.5 Å². The molecule has 2 rings (SSSR count). The summed E-state index contributed by atoms with van der Waals surface area (Å²) < 4.78 is 4.98. The topological polar surface area (TPSA) is 136 Å². The third-order valence-electron chi connectivity index (χ3n) is 2.33. The molecule has 0 spiro atoms. The first kappa shape index (κ1) is 13.4. The quantitative estimate of drug-likeness (QED) is 0.623. The minimum absolute atomic E-state index is 0.135. The molecule has 1 amide bonds. The van der Waals surface area contributed by atoms with Crippen LogP contribution >= 0.6 is 0 Å². The molecular weight excluding hydrogens is 268 g/mol. The average Bonchev–Trinajstić information content (AvgIpc) is 2.83. The van der Waals surface area contributed by atoms with Crippen LogP contribution in [0, 0.1) is 17.0 Å². The predicted molar refractivity (Wildman–Crippen MR) is 67.4 cm³/mol. The molecule has 104 valence electrons. The van der Waals surface area contributed by atoms with Gasteiger partial charge in [0.25, 0.3) is 11.6 Å². The standard InChI is InChI=1S/C10H10N6O4/c1-5-14-15-10(20-5)13-9(17)6-3-8(11-2)12-4-7(6)16(18)19/h3-4H,1-2H3,(H,11,12)(H,13,15,17). The predicted octanol–water partition coefficient (Wildman–Crippen LogP) is 0.975. The van der Waals surface area contributed by atoms with Crippen LogP contribution in [0.15, 0.2) is 16.7 Å². The molecule has 0 aromatic carbocycles. The Morgan fingerprint density at radius 2 is 2.20 bits per heavy atom. The van der Waals surface area contributed by atoms with Gasteiger partial charge in [0, 0.05) is 20.0 Å². The molecule has 0 aliphatic heterocycles. The molecule has 0 aliphatic carbocycles. The highest BCUT2D eigenvalue weighted by atomic mass is 16.6. The molecule has 0 radical (unpaired) electrons. The number of nitro groups is 1. The Bertz CT molecular complexity index is 668. The van der Waals surface area contributed by atoms with Gasteiger partial charge in [-0.2, -0.15) is 0 Å². The number of carbonyl (C=O) groups excluding carboxylic acids is 1. The SMILES string of the molecule is CNc1cc(C(=O)Nc2nnc(C)o2)c([N+](=O)[O-])cn1. The minimum Gasteiger partial charge on any atom is -0.408 e. The molecule has 10 heteroatoms. The molecule has 2 N–H and O–H groups in total. The molecule has 2 aromatic heterocycles. The number of anilines is 2. The fraction of sp³-hybridized carbons (Fsp3) is 0.200. The first-order valence-corrected chi connectivity index (χ1v) is 5.45. The van der Waals surface area contributed by atoms with Crippen molar-refractivity contribution in [1.82, 2.24) is 15.2 Å². The van der Waals surface area contributed by atoms with Gasteiger partial charge in [-0.25, -0.2) is 4.98 Å². The zero-order chi connectivity index (χ0) is 14.7. The summed E-state index contributed by atoms with van der Waals surface area (Å²) in [4.78, 5) is 26.0. The summed E-state index contributed by atoms with van der Waals surface area (Å²) in [7, 11) is 1.58. The van der Waals surface area contributed by atoms with E-state index in [4.69, 9.17) is 4.42 Å². The molecule has 0 saturated heterocycles. The van der Waals surface area contributed by atoms with E-state index < -0.39 is 16.5 Å². The van der Waals surface area contributed by atoms with Gasteiger partial charge in [0.1, 0.15) is 17.6 Å². The van der Waals surface area contributed by atoms with Crippen molar-refractivity contribution in [2.45, 2.75) is 6.92 Å². The highest BCUT2D eigenvalue weighted by molar-refractivity contribution is 6.06. The van der Waals surface area contributed by atoms with Crippen molar-refractivity contribution < 1.29 is 14.1 Å². The Hall–Kier alpha value is -3.04. The van der Waals surface area contributed by atoms with Crippen molar-refractivity contribution >= 4 is 23.4 Å². The summed E-state index contributed by atoms with van der Waals surface area (Å²) in [6, 6.07) is 1.13. The van der Waals surface area contributed by atoms with Gasteiger partial charge < -0.3 is 9.73 Å².